The van der Waals surface area contributed by atoms with E-state index in [1.54, 1.807) is 25.3 Å². The van der Waals surface area contributed by atoms with Crippen LogP contribution < -0.4 is 10.1 Å². The summed E-state index contributed by atoms with van der Waals surface area (Å²) in [5.74, 6) is -0.0263. The minimum atomic E-state index is -0.304. The van der Waals surface area contributed by atoms with E-state index in [0.29, 0.717) is 5.56 Å². The van der Waals surface area contributed by atoms with Crippen molar-refractivity contribution in [1.82, 2.24) is 10.3 Å². The van der Waals surface area contributed by atoms with E-state index in [9.17, 15) is 4.79 Å². The molecule has 0 radical (unpaired) electrons. The molecule has 5 nitrogen and oxygen atoms in total. The number of carbonyl (C=O) groups excluding carboxylic acids is 1. The number of aliphatic hydroxyl groups excluding tert-OH is 1. The Labute approximate surface area is 88.1 Å². The zero-order chi connectivity index (χ0) is 11.3. The molecule has 1 heterocycles. The summed E-state index contributed by atoms with van der Waals surface area (Å²) < 4.78 is 4.95. The third-order valence-electron chi connectivity index (χ3n) is 1.86. The highest BCUT2D eigenvalue weighted by Gasteiger charge is 2.14. The Morgan fingerprint density at radius 3 is 3.07 bits per heavy atom. The van der Waals surface area contributed by atoms with E-state index in [1.807, 2.05) is 0 Å². The number of methoxy groups -OCH3 is 1. The van der Waals surface area contributed by atoms with Crippen molar-refractivity contribution < 1.29 is 14.6 Å². The Kier molecular flexibility index (Phi) is 4.05. The Bertz CT molecular complexity index is 341. The zero-order valence-corrected chi connectivity index (χ0v) is 8.73. The smallest absolute Gasteiger partial charge is 0.257 e. The van der Waals surface area contributed by atoms with E-state index < -0.39 is 0 Å². The highest BCUT2D eigenvalue weighted by Crippen LogP contribution is 2.13. The number of pyridine rings is 1. The van der Waals surface area contributed by atoms with E-state index in [-0.39, 0.29) is 24.4 Å². The van der Waals surface area contributed by atoms with Gasteiger partial charge in [0.15, 0.2) is 0 Å². The second-order valence-corrected chi connectivity index (χ2v) is 3.12. The Balaban J connectivity index is 2.81. The van der Waals surface area contributed by atoms with Crippen LogP contribution in [-0.4, -0.2) is 35.8 Å². The molecule has 82 valence electrons. The van der Waals surface area contributed by atoms with Crippen LogP contribution in [0.4, 0.5) is 0 Å². The number of hydrogen-bond donors (Lipinski definition) is 2. The summed E-state index contributed by atoms with van der Waals surface area (Å²) in [6.07, 6.45) is 1.55. The largest absolute Gasteiger partial charge is 0.480 e. The first-order valence-corrected chi connectivity index (χ1v) is 4.59. The highest BCUT2D eigenvalue weighted by molar-refractivity contribution is 5.96. The first-order valence-electron chi connectivity index (χ1n) is 4.59. The van der Waals surface area contributed by atoms with Crippen molar-refractivity contribution in [2.45, 2.75) is 13.0 Å². The lowest BCUT2D eigenvalue weighted by Gasteiger charge is -2.11. The lowest BCUT2D eigenvalue weighted by molar-refractivity contribution is 0.0918. The molecule has 0 saturated heterocycles. The van der Waals surface area contributed by atoms with Gasteiger partial charge in [-0.25, -0.2) is 4.98 Å². The average Bonchev–Trinajstić information content (AvgIpc) is 2.28. The van der Waals surface area contributed by atoms with Gasteiger partial charge in [-0.15, -0.1) is 0 Å². The summed E-state index contributed by atoms with van der Waals surface area (Å²) in [6.45, 7) is 1.61. The van der Waals surface area contributed by atoms with Gasteiger partial charge in [-0.05, 0) is 19.1 Å². The van der Waals surface area contributed by atoms with Crippen LogP contribution in [0.2, 0.25) is 0 Å². The van der Waals surface area contributed by atoms with Gasteiger partial charge < -0.3 is 15.2 Å². The third kappa shape index (κ3) is 2.92. The van der Waals surface area contributed by atoms with Gasteiger partial charge in [-0.1, -0.05) is 0 Å². The van der Waals surface area contributed by atoms with Crippen LogP contribution in [0.15, 0.2) is 18.3 Å². The van der Waals surface area contributed by atoms with Gasteiger partial charge in [0.1, 0.15) is 5.56 Å². The molecule has 1 atom stereocenters. The van der Waals surface area contributed by atoms with Crippen LogP contribution in [0.25, 0.3) is 0 Å². The molecule has 0 spiro atoms. The first kappa shape index (κ1) is 11.5. The SMILES string of the molecule is COc1ncccc1C(=O)N[C@@H](C)CO. The fourth-order valence-corrected chi connectivity index (χ4v) is 1.07. The van der Waals surface area contributed by atoms with Crippen molar-refractivity contribution in [3.8, 4) is 5.88 Å². The topological polar surface area (TPSA) is 71.5 Å². The number of hydrogen-bond acceptors (Lipinski definition) is 4. The predicted octanol–water partition coefficient (Wildman–Crippen LogP) is 0.201. The van der Waals surface area contributed by atoms with Gasteiger partial charge in [0.25, 0.3) is 5.91 Å². The van der Waals surface area contributed by atoms with E-state index in [4.69, 9.17) is 9.84 Å². The third-order valence-corrected chi connectivity index (χ3v) is 1.86. The summed E-state index contributed by atoms with van der Waals surface area (Å²) >= 11 is 0. The number of ether oxygens (including phenoxy) is 1. The number of aliphatic hydroxyl groups is 1. The molecular formula is C10H14N2O3. The molecule has 0 fully saturated rings. The highest BCUT2D eigenvalue weighted by atomic mass is 16.5. The number of amides is 1. The summed E-state index contributed by atoms with van der Waals surface area (Å²) in [6, 6.07) is 2.98. The van der Waals surface area contributed by atoms with Crippen LogP contribution in [0, 0.1) is 0 Å². The molecule has 1 aromatic heterocycles. The van der Waals surface area contributed by atoms with Crippen molar-refractivity contribution in [3.05, 3.63) is 23.9 Å². The standard InChI is InChI=1S/C10H14N2O3/c1-7(6-13)12-9(14)8-4-3-5-11-10(8)15-2/h3-5,7,13H,6H2,1-2H3,(H,12,14)/t7-/m0/s1. The summed E-state index contributed by atoms with van der Waals surface area (Å²) in [4.78, 5) is 15.6. The van der Waals surface area contributed by atoms with Gasteiger partial charge in [0, 0.05) is 12.2 Å². The summed E-state index contributed by atoms with van der Waals surface area (Å²) in [5.41, 5.74) is 0.361. The number of aromatic nitrogens is 1. The molecule has 0 bridgehead atoms. The molecule has 2 N–H and O–H groups in total. The maximum atomic E-state index is 11.7. The van der Waals surface area contributed by atoms with E-state index in [2.05, 4.69) is 10.3 Å². The van der Waals surface area contributed by atoms with Crippen molar-refractivity contribution in [2.24, 2.45) is 0 Å². The Hall–Kier alpha value is -1.62. The molecule has 0 saturated carbocycles. The van der Waals surface area contributed by atoms with Gasteiger partial charge in [0.2, 0.25) is 5.88 Å². The number of carbonyl (C=O) groups is 1. The van der Waals surface area contributed by atoms with E-state index in [1.165, 1.54) is 7.11 Å². The summed E-state index contributed by atoms with van der Waals surface area (Å²) in [7, 11) is 1.45. The second-order valence-electron chi connectivity index (χ2n) is 3.12. The van der Waals surface area contributed by atoms with Gasteiger partial charge in [-0.2, -0.15) is 0 Å². The Morgan fingerprint density at radius 2 is 2.47 bits per heavy atom. The van der Waals surface area contributed by atoms with Crippen LogP contribution in [0.1, 0.15) is 17.3 Å². The normalized spacial score (nSPS) is 11.9. The van der Waals surface area contributed by atoms with E-state index >= 15 is 0 Å². The maximum Gasteiger partial charge on any atom is 0.257 e. The van der Waals surface area contributed by atoms with Crippen molar-refractivity contribution >= 4 is 5.91 Å². The molecule has 5 heteroatoms. The first-order chi connectivity index (χ1) is 7.19. The van der Waals surface area contributed by atoms with Gasteiger partial charge in [-0.3, -0.25) is 4.79 Å². The summed E-state index contributed by atoms with van der Waals surface area (Å²) in [5, 5.41) is 11.4. The minimum absolute atomic E-state index is 0.103. The van der Waals surface area contributed by atoms with Gasteiger partial charge in [0.05, 0.1) is 13.7 Å². The minimum Gasteiger partial charge on any atom is -0.480 e. The molecule has 0 aliphatic carbocycles. The fourth-order valence-electron chi connectivity index (χ4n) is 1.07. The number of rotatable bonds is 4. The lowest BCUT2D eigenvalue weighted by atomic mass is 10.2. The van der Waals surface area contributed by atoms with Crippen LogP contribution >= 0.6 is 0 Å². The Morgan fingerprint density at radius 1 is 1.73 bits per heavy atom. The lowest BCUT2D eigenvalue weighted by Crippen LogP contribution is -2.35. The fraction of sp³-hybridized carbons (Fsp3) is 0.400. The van der Waals surface area contributed by atoms with Crippen molar-refractivity contribution in [1.29, 1.82) is 0 Å². The quantitative estimate of drug-likeness (QED) is 0.744. The van der Waals surface area contributed by atoms with Crippen LogP contribution in [-0.2, 0) is 0 Å². The molecule has 1 amide bonds. The maximum absolute atomic E-state index is 11.7. The van der Waals surface area contributed by atoms with Crippen molar-refractivity contribution in [2.75, 3.05) is 13.7 Å². The molecule has 1 rings (SSSR count). The zero-order valence-electron chi connectivity index (χ0n) is 8.73. The number of nitrogens with one attached hydrogen (secondary N) is 1. The molecule has 0 aliphatic rings. The molecule has 0 aromatic carbocycles. The molecule has 0 aliphatic heterocycles. The van der Waals surface area contributed by atoms with Crippen molar-refractivity contribution in [3.63, 3.8) is 0 Å². The number of nitrogens with zero attached hydrogens (tertiary/aromatic N) is 1. The average molecular weight is 210 g/mol. The van der Waals surface area contributed by atoms with Crippen LogP contribution in [0.5, 0.6) is 5.88 Å². The predicted molar refractivity (Wildman–Crippen MR) is 54.8 cm³/mol. The van der Waals surface area contributed by atoms with Gasteiger partial charge >= 0.3 is 0 Å². The van der Waals surface area contributed by atoms with Crippen LogP contribution in [0.3, 0.4) is 0 Å². The molecule has 1 aromatic rings. The second kappa shape index (κ2) is 5.31. The van der Waals surface area contributed by atoms with E-state index in [0.717, 1.165) is 0 Å². The molecule has 0 unspecified atom stereocenters. The molecule has 15 heavy (non-hydrogen) atoms. The molecular weight excluding hydrogens is 196 g/mol. The monoisotopic (exact) mass is 210 g/mol.